The van der Waals surface area contributed by atoms with Crippen molar-refractivity contribution < 1.29 is 14.8 Å². The van der Waals surface area contributed by atoms with Crippen molar-refractivity contribution in [3.05, 3.63) is 56.5 Å². The molecule has 3 N–H and O–H groups in total. The molecular weight excluding hydrogens is 532 g/mol. The van der Waals surface area contributed by atoms with Gasteiger partial charge in [-0.15, -0.1) is 0 Å². The fourth-order valence-corrected chi connectivity index (χ4v) is 4.13. The number of ether oxygens (including phenoxy) is 1. The Morgan fingerprint density at radius 2 is 1.81 bits per heavy atom. The van der Waals surface area contributed by atoms with Gasteiger partial charge in [-0.3, -0.25) is 10.1 Å². The summed E-state index contributed by atoms with van der Waals surface area (Å²) in [6, 6.07) is 9.34. The van der Waals surface area contributed by atoms with E-state index in [0.29, 0.717) is 27.4 Å². The number of non-ortho nitro benzene ring substituents is 1. The van der Waals surface area contributed by atoms with Gasteiger partial charge in [-0.05, 0) is 58.6 Å². The molecule has 188 valence electrons. The van der Waals surface area contributed by atoms with Crippen LogP contribution in [-0.2, 0) is 0 Å². The van der Waals surface area contributed by atoms with E-state index in [9.17, 15) is 15.2 Å². The summed E-state index contributed by atoms with van der Waals surface area (Å²) in [5.74, 6) is 1.34. The Morgan fingerprint density at radius 3 is 2.47 bits per heavy atom. The number of hydrazone groups is 1. The number of nitro groups is 1. The molecule has 0 atom stereocenters. The van der Waals surface area contributed by atoms with Gasteiger partial charge in [0.15, 0.2) is 11.5 Å². The summed E-state index contributed by atoms with van der Waals surface area (Å²) in [5.41, 5.74) is 4.12. The number of nitro benzene ring substituents is 1. The van der Waals surface area contributed by atoms with E-state index in [1.165, 1.54) is 19.2 Å². The molecule has 0 saturated carbocycles. The molecule has 1 aliphatic heterocycles. The van der Waals surface area contributed by atoms with Crippen molar-refractivity contribution in [1.29, 1.82) is 0 Å². The van der Waals surface area contributed by atoms with Crippen LogP contribution >= 0.6 is 15.9 Å². The van der Waals surface area contributed by atoms with Crippen LogP contribution in [-0.4, -0.2) is 51.4 Å². The van der Waals surface area contributed by atoms with E-state index in [1.807, 2.05) is 0 Å². The van der Waals surface area contributed by atoms with Gasteiger partial charge >= 0.3 is 0 Å². The Labute approximate surface area is 215 Å². The van der Waals surface area contributed by atoms with E-state index in [2.05, 4.69) is 51.6 Å². The van der Waals surface area contributed by atoms with Crippen molar-refractivity contribution in [3.8, 4) is 11.5 Å². The number of halogens is 1. The first kappa shape index (κ1) is 25.1. The minimum atomic E-state index is -0.452. The lowest BCUT2D eigenvalue weighted by molar-refractivity contribution is -0.384. The maximum atomic E-state index is 10.9. The molecule has 0 aliphatic carbocycles. The van der Waals surface area contributed by atoms with Crippen molar-refractivity contribution >= 4 is 51.4 Å². The summed E-state index contributed by atoms with van der Waals surface area (Å²) < 4.78 is 5.64. The molecule has 0 amide bonds. The molecular formula is C23H25BrN8O4. The number of methoxy groups -OCH3 is 1. The van der Waals surface area contributed by atoms with Gasteiger partial charge in [0.2, 0.25) is 17.8 Å². The summed E-state index contributed by atoms with van der Waals surface area (Å²) >= 11 is 3.29. The van der Waals surface area contributed by atoms with Gasteiger partial charge in [0.1, 0.15) is 0 Å². The molecule has 2 aromatic carbocycles. The molecule has 0 unspecified atom stereocenters. The molecule has 13 heteroatoms. The van der Waals surface area contributed by atoms with Gasteiger partial charge in [0.25, 0.3) is 5.69 Å². The largest absolute Gasteiger partial charge is 0.503 e. The molecule has 1 saturated heterocycles. The van der Waals surface area contributed by atoms with Crippen molar-refractivity contribution in [3.63, 3.8) is 0 Å². The minimum Gasteiger partial charge on any atom is -0.503 e. The second-order valence-corrected chi connectivity index (χ2v) is 8.89. The smallest absolute Gasteiger partial charge is 0.269 e. The number of aromatic hydroxyl groups is 1. The van der Waals surface area contributed by atoms with Gasteiger partial charge in [0, 0.05) is 30.9 Å². The number of hydrogen-bond donors (Lipinski definition) is 3. The Kier molecular flexibility index (Phi) is 8.10. The lowest BCUT2D eigenvalue weighted by Crippen LogP contribution is -2.26. The number of aromatic nitrogens is 3. The van der Waals surface area contributed by atoms with Crippen LogP contribution in [0, 0.1) is 10.1 Å². The fraction of sp³-hybridized carbons (Fsp3) is 0.304. The third-order valence-electron chi connectivity index (χ3n) is 5.50. The molecule has 3 aromatic rings. The predicted molar refractivity (Wildman–Crippen MR) is 140 cm³/mol. The van der Waals surface area contributed by atoms with E-state index in [0.717, 1.165) is 38.8 Å². The van der Waals surface area contributed by atoms with E-state index < -0.39 is 4.92 Å². The van der Waals surface area contributed by atoms with E-state index in [-0.39, 0.29) is 23.3 Å². The summed E-state index contributed by atoms with van der Waals surface area (Å²) in [5, 5.41) is 28.3. The number of benzene rings is 2. The van der Waals surface area contributed by atoms with Crippen LogP contribution in [0.5, 0.6) is 11.5 Å². The number of phenolic OH excluding ortho intramolecular Hbond substituents is 1. The first-order valence-electron chi connectivity index (χ1n) is 11.3. The second kappa shape index (κ2) is 11.6. The van der Waals surface area contributed by atoms with Crippen LogP contribution in [0.1, 0.15) is 31.2 Å². The van der Waals surface area contributed by atoms with Gasteiger partial charge < -0.3 is 20.1 Å². The average molecular weight is 557 g/mol. The molecule has 1 aliphatic rings. The van der Waals surface area contributed by atoms with Crippen LogP contribution in [0.15, 0.2) is 46.0 Å². The van der Waals surface area contributed by atoms with Gasteiger partial charge in [-0.25, -0.2) is 5.43 Å². The van der Waals surface area contributed by atoms with Gasteiger partial charge in [-0.1, -0.05) is 12.8 Å². The van der Waals surface area contributed by atoms with Crippen LogP contribution < -0.4 is 20.4 Å². The lowest BCUT2D eigenvalue weighted by Gasteiger charge is -2.21. The van der Waals surface area contributed by atoms with Crippen LogP contribution in [0.4, 0.5) is 29.2 Å². The highest BCUT2D eigenvalue weighted by molar-refractivity contribution is 9.10. The zero-order valence-electron chi connectivity index (χ0n) is 19.5. The first-order valence-corrected chi connectivity index (χ1v) is 12.1. The van der Waals surface area contributed by atoms with Crippen molar-refractivity contribution in [2.24, 2.45) is 5.10 Å². The Morgan fingerprint density at radius 1 is 1.11 bits per heavy atom. The lowest BCUT2D eigenvalue weighted by atomic mass is 10.2. The van der Waals surface area contributed by atoms with E-state index >= 15 is 0 Å². The maximum absolute atomic E-state index is 10.9. The third-order valence-corrected chi connectivity index (χ3v) is 6.10. The number of nitrogens with one attached hydrogen (secondary N) is 2. The molecule has 2 heterocycles. The normalized spacial score (nSPS) is 13.9. The minimum absolute atomic E-state index is 0.00382. The van der Waals surface area contributed by atoms with Gasteiger partial charge in [0.05, 0.1) is 22.7 Å². The number of nitrogens with zero attached hydrogens (tertiary/aromatic N) is 6. The highest BCUT2D eigenvalue weighted by Gasteiger charge is 2.16. The zero-order chi connectivity index (χ0) is 25.5. The summed E-state index contributed by atoms with van der Waals surface area (Å²) in [4.78, 5) is 26.1. The fourth-order valence-electron chi connectivity index (χ4n) is 3.67. The second-order valence-electron chi connectivity index (χ2n) is 8.04. The number of hydrogen-bond acceptors (Lipinski definition) is 11. The highest BCUT2D eigenvalue weighted by atomic mass is 79.9. The Balaban J connectivity index is 1.58. The Hall–Kier alpha value is -4.00. The monoisotopic (exact) mass is 556 g/mol. The van der Waals surface area contributed by atoms with Crippen molar-refractivity contribution in [2.45, 2.75) is 25.7 Å². The zero-order valence-corrected chi connectivity index (χ0v) is 21.1. The summed E-state index contributed by atoms with van der Waals surface area (Å²) in [6.07, 6.45) is 5.98. The molecule has 1 fully saturated rings. The van der Waals surface area contributed by atoms with Crippen LogP contribution in [0.2, 0.25) is 0 Å². The first-order chi connectivity index (χ1) is 17.4. The van der Waals surface area contributed by atoms with Crippen LogP contribution in [0.3, 0.4) is 0 Å². The molecule has 0 bridgehead atoms. The molecule has 12 nitrogen and oxygen atoms in total. The van der Waals surface area contributed by atoms with Gasteiger partial charge in [-0.2, -0.15) is 20.1 Å². The standard InChI is InChI=1S/C23H25BrN8O4/c1-36-19-13-15(12-18(24)20(19)33)14-25-30-22-27-21(26-16-6-8-17(9-7-16)32(34)35)28-23(29-22)31-10-4-2-3-5-11-31/h6-9,12-14,33H,2-5,10-11H2,1H3,(H2,26,27,28,29,30)/b25-14-. The average Bonchev–Trinajstić information content (AvgIpc) is 3.16. The summed E-state index contributed by atoms with van der Waals surface area (Å²) in [7, 11) is 1.47. The quantitative estimate of drug-likeness (QED) is 0.200. The van der Waals surface area contributed by atoms with Crippen molar-refractivity contribution in [2.75, 3.05) is 35.8 Å². The topological polar surface area (TPSA) is 151 Å². The molecule has 1 aromatic heterocycles. The van der Waals surface area contributed by atoms with E-state index in [1.54, 1.807) is 30.5 Å². The third kappa shape index (κ3) is 6.36. The summed E-state index contributed by atoms with van der Waals surface area (Å²) in [6.45, 7) is 1.68. The molecule has 0 spiro atoms. The van der Waals surface area contributed by atoms with Crippen molar-refractivity contribution in [1.82, 2.24) is 15.0 Å². The number of anilines is 4. The molecule has 0 radical (unpaired) electrons. The van der Waals surface area contributed by atoms with Crippen LogP contribution in [0.25, 0.3) is 0 Å². The Bertz CT molecular complexity index is 1250. The number of rotatable bonds is 8. The highest BCUT2D eigenvalue weighted by Crippen LogP contribution is 2.34. The molecule has 4 rings (SSSR count). The SMILES string of the molecule is COc1cc(/C=N\Nc2nc(Nc3ccc([N+](=O)[O-])cc3)nc(N3CCCCCC3)n2)cc(Br)c1O. The maximum Gasteiger partial charge on any atom is 0.269 e. The molecule has 36 heavy (non-hydrogen) atoms. The predicted octanol–water partition coefficient (Wildman–Crippen LogP) is 4.83. The van der Waals surface area contributed by atoms with E-state index in [4.69, 9.17) is 4.74 Å². The number of phenols is 1.